The van der Waals surface area contributed by atoms with E-state index in [0.717, 1.165) is 31.7 Å². The summed E-state index contributed by atoms with van der Waals surface area (Å²) in [6, 6.07) is 0.380. The van der Waals surface area contributed by atoms with Gasteiger partial charge in [-0.1, -0.05) is 34.1 Å². The fourth-order valence-corrected chi connectivity index (χ4v) is 4.01. The number of nitrogens with one attached hydrogen (secondary N) is 2. The van der Waals surface area contributed by atoms with Crippen molar-refractivity contribution >= 4 is 6.03 Å². The van der Waals surface area contributed by atoms with Gasteiger partial charge in [-0.3, -0.25) is 0 Å². The Kier molecular flexibility index (Phi) is 3.61. The molecule has 3 heteroatoms. The normalized spacial score (nSPS) is 36.7. The topological polar surface area (TPSA) is 41.1 Å². The number of carbonyl (C=O) groups is 1. The molecule has 0 aromatic heterocycles. The van der Waals surface area contributed by atoms with Crippen molar-refractivity contribution in [3.63, 3.8) is 0 Å². The van der Waals surface area contributed by atoms with Gasteiger partial charge in [0.25, 0.3) is 0 Å². The van der Waals surface area contributed by atoms with Crippen LogP contribution in [-0.2, 0) is 0 Å². The third kappa shape index (κ3) is 2.02. The fourth-order valence-electron chi connectivity index (χ4n) is 4.01. The number of hydrogen-bond acceptors (Lipinski definition) is 1. The number of unbranched alkanes of at least 4 members (excludes halogenated alkanes) is 1. The Morgan fingerprint density at radius 1 is 1.33 bits per heavy atom. The summed E-state index contributed by atoms with van der Waals surface area (Å²) in [7, 11) is 0. The number of hydrogen-bond donors (Lipinski definition) is 2. The number of amides is 2. The minimum Gasteiger partial charge on any atom is -0.338 e. The molecule has 0 aliphatic heterocycles. The summed E-state index contributed by atoms with van der Waals surface area (Å²) in [6.45, 7) is 10.0. The molecule has 18 heavy (non-hydrogen) atoms. The standard InChI is InChI=1S/C15H28N2O/c1-5-6-9-16-13(18)17-12-10-11-7-8-15(12,4)14(11,2)3/h11-12H,5-10H2,1-4H3,(H2,16,17,18). The summed E-state index contributed by atoms with van der Waals surface area (Å²) < 4.78 is 0. The monoisotopic (exact) mass is 252 g/mol. The zero-order valence-electron chi connectivity index (χ0n) is 12.3. The van der Waals surface area contributed by atoms with Crippen molar-refractivity contribution < 1.29 is 4.79 Å². The largest absolute Gasteiger partial charge is 0.338 e. The molecule has 2 aliphatic rings. The van der Waals surface area contributed by atoms with Gasteiger partial charge < -0.3 is 10.6 Å². The zero-order valence-corrected chi connectivity index (χ0v) is 12.3. The van der Waals surface area contributed by atoms with Crippen LogP contribution in [0.15, 0.2) is 0 Å². The van der Waals surface area contributed by atoms with Crippen molar-refractivity contribution in [3.05, 3.63) is 0 Å². The van der Waals surface area contributed by atoms with E-state index in [4.69, 9.17) is 0 Å². The van der Waals surface area contributed by atoms with E-state index < -0.39 is 0 Å². The third-order valence-corrected chi connectivity index (χ3v) is 5.92. The minimum atomic E-state index is 0.0259. The molecule has 3 atom stereocenters. The lowest BCUT2D eigenvalue weighted by Gasteiger charge is -2.39. The molecule has 2 fully saturated rings. The Bertz CT molecular complexity index is 326. The van der Waals surface area contributed by atoms with Crippen LogP contribution in [0.4, 0.5) is 4.79 Å². The smallest absolute Gasteiger partial charge is 0.315 e. The molecule has 2 aliphatic carbocycles. The van der Waals surface area contributed by atoms with Crippen LogP contribution in [0.5, 0.6) is 0 Å². The van der Waals surface area contributed by atoms with Crippen LogP contribution < -0.4 is 10.6 Å². The van der Waals surface area contributed by atoms with Crippen molar-refractivity contribution in [3.8, 4) is 0 Å². The Hall–Kier alpha value is -0.730. The Labute approximate surface area is 111 Å². The summed E-state index contributed by atoms with van der Waals surface area (Å²) in [4.78, 5) is 11.9. The summed E-state index contributed by atoms with van der Waals surface area (Å²) >= 11 is 0. The second-order valence-electron chi connectivity index (χ2n) is 6.92. The van der Waals surface area contributed by atoms with Crippen LogP contribution in [0.3, 0.4) is 0 Å². The lowest BCUT2D eigenvalue weighted by molar-refractivity contribution is 0.123. The van der Waals surface area contributed by atoms with Gasteiger partial charge in [0, 0.05) is 12.6 Å². The summed E-state index contributed by atoms with van der Waals surface area (Å²) in [5, 5.41) is 6.18. The molecule has 2 rings (SSSR count). The molecule has 0 aromatic rings. The van der Waals surface area contributed by atoms with E-state index in [1.807, 2.05) is 0 Å². The van der Waals surface area contributed by atoms with Gasteiger partial charge in [-0.05, 0) is 42.4 Å². The number of carbonyl (C=O) groups excluding carboxylic acids is 1. The van der Waals surface area contributed by atoms with Gasteiger partial charge in [0.1, 0.15) is 0 Å². The molecule has 104 valence electrons. The van der Waals surface area contributed by atoms with Gasteiger partial charge in [0.05, 0.1) is 0 Å². The van der Waals surface area contributed by atoms with Crippen LogP contribution in [0, 0.1) is 16.7 Å². The van der Waals surface area contributed by atoms with Gasteiger partial charge >= 0.3 is 6.03 Å². The molecule has 2 saturated carbocycles. The predicted molar refractivity (Wildman–Crippen MR) is 74.5 cm³/mol. The van der Waals surface area contributed by atoms with E-state index >= 15 is 0 Å². The van der Waals surface area contributed by atoms with Crippen molar-refractivity contribution in [2.24, 2.45) is 16.7 Å². The maximum Gasteiger partial charge on any atom is 0.315 e. The second kappa shape index (κ2) is 4.75. The lowest BCUT2D eigenvalue weighted by atomic mass is 9.69. The molecule has 2 amide bonds. The van der Waals surface area contributed by atoms with E-state index in [9.17, 15) is 4.79 Å². The third-order valence-electron chi connectivity index (χ3n) is 5.92. The van der Waals surface area contributed by atoms with Crippen molar-refractivity contribution in [1.82, 2.24) is 10.6 Å². The fraction of sp³-hybridized carbons (Fsp3) is 0.933. The second-order valence-corrected chi connectivity index (χ2v) is 6.92. The van der Waals surface area contributed by atoms with Gasteiger partial charge in [-0.2, -0.15) is 0 Å². The highest BCUT2D eigenvalue weighted by molar-refractivity contribution is 5.74. The van der Waals surface area contributed by atoms with Gasteiger partial charge in [0.15, 0.2) is 0 Å². The first-order valence-corrected chi connectivity index (χ1v) is 7.46. The van der Waals surface area contributed by atoms with Crippen LogP contribution in [0.2, 0.25) is 0 Å². The molecule has 0 aromatic carbocycles. The van der Waals surface area contributed by atoms with Crippen molar-refractivity contribution in [2.45, 2.75) is 65.8 Å². The van der Waals surface area contributed by atoms with Crippen LogP contribution in [0.1, 0.15) is 59.8 Å². The van der Waals surface area contributed by atoms with E-state index in [1.165, 1.54) is 12.8 Å². The highest BCUT2D eigenvalue weighted by Gasteiger charge is 2.61. The summed E-state index contributed by atoms with van der Waals surface area (Å²) in [5.41, 5.74) is 0.647. The first-order valence-electron chi connectivity index (χ1n) is 7.46. The van der Waals surface area contributed by atoms with Gasteiger partial charge in [-0.15, -0.1) is 0 Å². The van der Waals surface area contributed by atoms with E-state index in [0.29, 0.717) is 11.5 Å². The van der Waals surface area contributed by atoms with Crippen LogP contribution >= 0.6 is 0 Å². The molecule has 2 N–H and O–H groups in total. The SMILES string of the molecule is CCCCNC(=O)NC1CC2CCC1(C)C2(C)C. The molecule has 2 bridgehead atoms. The molecule has 0 saturated heterocycles. The lowest BCUT2D eigenvalue weighted by Crippen LogP contribution is -2.50. The maximum absolute atomic E-state index is 11.9. The quantitative estimate of drug-likeness (QED) is 0.741. The minimum absolute atomic E-state index is 0.0259. The zero-order chi connectivity index (χ0) is 13.4. The van der Waals surface area contributed by atoms with E-state index in [1.54, 1.807) is 0 Å². The van der Waals surface area contributed by atoms with E-state index in [-0.39, 0.29) is 11.4 Å². The van der Waals surface area contributed by atoms with Crippen molar-refractivity contribution in [1.29, 1.82) is 0 Å². The van der Waals surface area contributed by atoms with Crippen LogP contribution in [-0.4, -0.2) is 18.6 Å². The maximum atomic E-state index is 11.9. The number of urea groups is 1. The van der Waals surface area contributed by atoms with Gasteiger partial charge in [0.2, 0.25) is 0 Å². The summed E-state index contributed by atoms with van der Waals surface area (Å²) in [5.74, 6) is 0.781. The first-order chi connectivity index (χ1) is 8.41. The molecule has 0 heterocycles. The number of fused-ring (bicyclic) bond motifs is 2. The van der Waals surface area contributed by atoms with Gasteiger partial charge in [-0.25, -0.2) is 4.79 Å². The molecule has 0 spiro atoms. The molecule has 0 radical (unpaired) electrons. The summed E-state index contributed by atoms with van der Waals surface area (Å²) in [6.07, 6.45) is 5.93. The first kappa shape index (κ1) is 13.7. The molecular formula is C15H28N2O. The average Bonchev–Trinajstić information content (AvgIpc) is 2.62. The average molecular weight is 252 g/mol. The van der Waals surface area contributed by atoms with E-state index in [2.05, 4.69) is 38.3 Å². The van der Waals surface area contributed by atoms with Crippen molar-refractivity contribution in [2.75, 3.05) is 6.54 Å². The molecular weight excluding hydrogens is 224 g/mol. The number of rotatable bonds is 4. The molecule has 3 unspecified atom stereocenters. The Morgan fingerprint density at radius 3 is 2.56 bits per heavy atom. The van der Waals surface area contributed by atoms with Crippen LogP contribution in [0.25, 0.3) is 0 Å². The predicted octanol–water partition coefficient (Wildman–Crippen LogP) is 3.30. The Balaban J connectivity index is 1.90. The highest BCUT2D eigenvalue weighted by atomic mass is 16.2. The Morgan fingerprint density at radius 2 is 2.06 bits per heavy atom. The highest BCUT2D eigenvalue weighted by Crippen LogP contribution is 2.65. The molecule has 3 nitrogen and oxygen atoms in total.